The molecule has 23 rings (SSSR count). The van der Waals surface area contributed by atoms with Crippen LogP contribution in [-0.4, -0.2) is 18.3 Å². The molecule has 106 heavy (non-hydrogen) atoms. The molecule has 0 unspecified atom stereocenters. The lowest BCUT2D eigenvalue weighted by Gasteiger charge is -2.27. The number of rotatable bonds is 7. The molecule has 6 nitrogen and oxygen atoms in total. The summed E-state index contributed by atoms with van der Waals surface area (Å²) in [5.41, 5.74) is 32.3. The highest BCUT2D eigenvalue weighted by molar-refractivity contribution is 6.19. The number of nitrogens with zero attached hydrogens (tertiary/aromatic N) is 6. The highest BCUT2D eigenvalue weighted by Crippen LogP contribution is 2.55. The predicted molar refractivity (Wildman–Crippen MR) is 445 cm³/mol. The number of anilines is 6. The maximum atomic E-state index is 2.51. The van der Waals surface area contributed by atoms with Gasteiger partial charge in [-0.25, -0.2) is 0 Å². The van der Waals surface area contributed by atoms with Crippen molar-refractivity contribution in [2.24, 2.45) is 0 Å². The van der Waals surface area contributed by atoms with Crippen LogP contribution in [0.5, 0.6) is 0 Å². The summed E-state index contributed by atoms with van der Waals surface area (Å²) in [6.07, 6.45) is 0. The predicted octanol–water partition coefficient (Wildman–Crippen LogP) is 27.1. The monoisotopic (exact) mass is 1350 g/mol. The first kappa shape index (κ1) is 58.4. The number of hydrogen-bond acceptors (Lipinski definition) is 2. The van der Waals surface area contributed by atoms with Crippen molar-refractivity contribution in [1.82, 2.24) is 18.3 Å². The van der Waals surface area contributed by atoms with E-state index in [2.05, 4.69) is 404 Å². The fraction of sp³-hybridized carbons (Fsp3) is 0. The standard InChI is InChI=1S/C100H62N6/c1-2-25-66(26-3-1)101-96-59-68(104-91-40-18-11-32-79(91)80-33-12-19-41-92(80)104)48-53-82(96)83-56-51-71(62-97(83)101)105-94-43-21-14-35-86(94)100-72(36-22-44-95(100)105)65-46-52-75-78-31-10-17-39-90(78)103(93-42-20-13-34-81(93)87(75)58-65)70-50-55-85-84-54-49-69(60-98(84)106(99(85)61-70)67-47-45-63-23-4-5-24-64(63)57-67)102-88-37-15-8-29-76(88)73-27-6-7-28-74(73)77-30-9-16-38-89(77)102/h1-62H. The molecule has 2 aliphatic rings. The van der Waals surface area contributed by atoms with Crippen molar-refractivity contribution in [3.63, 3.8) is 0 Å². The molecule has 6 heterocycles. The summed E-state index contributed by atoms with van der Waals surface area (Å²) >= 11 is 0. The van der Waals surface area contributed by atoms with Crippen LogP contribution in [0.2, 0.25) is 0 Å². The van der Waals surface area contributed by atoms with Crippen molar-refractivity contribution >= 4 is 132 Å². The molecule has 21 aromatic rings. The van der Waals surface area contributed by atoms with Crippen molar-refractivity contribution < 1.29 is 0 Å². The zero-order valence-electron chi connectivity index (χ0n) is 57.5. The minimum absolute atomic E-state index is 1.07. The van der Waals surface area contributed by atoms with Gasteiger partial charge >= 0.3 is 0 Å². The molecular weight excluding hydrogens is 1290 g/mol. The molecule has 0 aliphatic carbocycles. The van der Waals surface area contributed by atoms with Gasteiger partial charge in [-0.1, -0.05) is 249 Å². The number of fused-ring (bicyclic) bond motifs is 23. The summed E-state index contributed by atoms with van der Waals surface area (Å²) in [6.45, 7) is 0. The summed E-state index contributed by atoms with van der Waals surface area (Å²) in [4.78, 5) is 4.98. The lowest BCUT2D eigenvalue weighted by atomic mass is 9.90. The molecule has 0 N–H and O–H groups in total. The van der Waals surface area contributed by atoms with Crippen LogP contribution in [0.25, 0.3) is 176 Å². The first-order valence-electron chi connectivity index (χ1n) is 36.6. The summed E-state index contributed by atoms with van der Waals surface area (Å²) in [6, 6.07) is 140. The largest absolute Gasteiger partial charge is 0.309 e. The second-order valence-electron chi connectivity index (χ2n) is 28.3. The summed E-state index contributed by atoms with van der Waals surface area (Å²) in [7, 11) is 0. The van der Waals surface area contributed by atoms with Gasteiger partial charge in [-0.05, 0) is 172 Å². The van der Waals surface area contributed by atoms with Gasteiger partial charge in [0.05, 0.1) is 66.9 Å². The lowest BCUT2D eigenvalue weighted by Crippen LogP contribution is -2.11. The maximum absolute atomic E-state index is 2.51. The Labute approximate surface area is 610 Å². The molecular formula is C100H62N6. The van der Waals surface area contributed by atoms with Crippen LogP contribution in [0.15, 0.2) is 376 Å². The van der Waals surface area contributed by atoms with E-state index in [0.29, 0.717) is 0 Å². The third-order valence-electron chi connectivity index (χ3n) is 22.8. The van der Waals surface area contributed by atoms with E-state index >= 15 is 0 Å². The molecule has 0 fully saturated rings. The molecule has 492 valence electrons. The van der Waals surface area contributed by atoms with Gasteiger partial charge in [-0.15, -0.1) is 0 Å². The summed E-state index contributed by atoms with van der Waals surface area (Å²) in [5, 5.41) is 12.1. The van der Waals surface area contributed by atoms with E-state index in [0.717, 1.165) is 101 Å². The average Bonchev–Trinajstić information content (AvgIpc) is 1.56. The number of hydrogen-bond donors (Lipinski definition) is 0. The Morgan fingerprint density at radius 2 is 0.491 bits per heavy atom. The molecule has 0 saturated carbocycles. The van der Waals surface area contributed by atoms with Crippen LogP contribution >= 0.6 is 0 Å². The van der Waals surface area contributed by atoms with Gasteiger partial charge in [0.2, 0.25) is 0 Å². The van der Waals surface area contributed by atoms with Crippen LogP contribution in [0, 0.1) is 0 Å². The van der Waals surface area contributed by atoms with Crippen molar-refractivity contribution in [2.75, 3.05) is 9.80 Å². The maximum Gasteiger partial charge on any atom is 0.0561 e. The Bertz CT molecular complexity index is 7180. The van der Waals surface area contributed by atoms with Crippen LogP contribution in [-0.2, 0) is 0 Å². The minimum Gasteiger partial charge on any atom is -0.309 e. The zero-order valence-corrected chi connectivity index (χ0v) is 57.5. The summed E-state index contributed by atoms with van der Waals surface area (Å²) in [5.74, 6) is 0. The Balaban J connectivity index is 0.678. The van der Waals surface area contributed by atoms with Gasteiger partial charge < -0.3 is 28.1 Å². The van der Waals surface area contributed by atoms with Crippen LogP contribution in [0.4, 0.5) is 34.1 Å². The molecule has 0 saturated heterocycles. The Kier molecular flexibility index (Phi) is 12.5. The van der Waals surface area contributed by atoms with Gasteiger partial charge in [0.15, 0.2) is 0 Å². The number of benzene rings is 17. The van der Waals surface area contributed by atoms with E-state index in [1.165, 1.54) is 109 Å². The SMILES string of the molecule is c1ccc(-n2c3cc(-n4c5ccccc5c5ccccc54)ccc3c3ccc(-n4c5ccccc5c5c(-c6ccc7c(c6)-c6ccccc6N(c6ccc8c9ccc(N%10c%11ccccc%11-c%11ccccc%11-c%11ccccc%11%10)cc9n(-c9ccc%10ccccc%10c9)c8c6)c6ccccc6-7)cccc54)cc32)cc1. The van der Waals surface area contributed by atoms with E-state index in [1.807, 2.05) is 0 Å². The molecule has 0 amide bonds. The molecule has 6 heteroatoms. The van der Waals surface area contributed by atoms with E-state index < -0.39 is 0 Å². The molecule has 0 atom stereocenters. The van der Waals surface area contributed by atoms with Gasteiger partial charge in [-0.3, -0.25) is 0 Å². The van der Waals surface area contributed by atoms with Gasteiger partial charge in [-0.2, -0.15) is 0 Å². The lowest BCUT2D eigenvalue weighted by molar-refractivity contribution is 1.14. The van der Waals surface area contributed by atoms with Gasteiger partial charge in [0.1, 0.15) is 0 Å². The van der Waals surface area contributed by atoms with E-state index in [9.17, 15) is 0 Å². The number of aromatic nitrogens is 4. The Morgan fingerprint density at radius 1 is 0.151 bits per heavy atom. The van der Waals surface area contributed by atoms with Crippen LogP contribution in [0.1, 0.15) is 0 Å². The van der Waals surface area contributed by atoms with Crippen molar-refractivity contribution in [2.45, 2.75) is 0 Å². The van der Waals surface area contributed by atoms with E-state index in [4.69, 9.17) is 0 Å². The van der Waals surface area contributed by atoms with Crippen LogP contribution < -0.4 is 9.80 Å². The first-order chi connectivity index (χ1) is 52.6. The quantitative estimate of drug-likeness (QED) is 0.159. The molecule has 0 spiro atoms. The fourth-order valence-electron chi connectivity index (χ4n) is 18.3. The molecule has 0 radical (unpaired) electrons. The topological polar surface area (TPSA) is 26.2 Å². The summed E-state index contributed by atoms with van der Waals surface area (Å²) < 4.78 is 9.88. The smallest absolute Gasteiger partial charge is 0.0561 e. The fourth-order valence-corrected chi connectivity index (χ4v) is 18.3. The zero-order chi connectivity index (χ0) is 69.2. The van der Waals surface area contributed by atoms with Gasteiger partial charge in [0.25, 0.3) is 0 Å². The van der Waals surface area contributed by atoms with Gasteiger partial charge in [0, 0.05) is 99.5 Å². The molecule has 17 aromatic carbocycles. The molecule has 0 bridgehead atoms. The third kappa shape index (κ3) is 8.49. The van der Waals surface area contributed by atoms with Crippen molar-refractivity contribution in [3.05, 3.63) is 376 Å². The second-order valence-corrected chi connectivity index (χ2v) is 28.3. The third-order valence-corrected chi connectivity index (χ3v) is 22.8. The highest BCUT2D eigenvalue weighted by Gasteiger charge is 2.31. The Morgan fingerprint density at radius 3 is 1.03 bits per heavy atom. The van der Waals surface area contributed by atoms with Crippen molar-refractivity contribution in [1.29, 1.82) is 0 Å². The van der Waals surface area contributed by atoms with Crippen molar-refractivity contribution in [3.8, 4) is 78.4 Å². The Hall–Kier alpha value is -14.2. The highest BCUT2D eigenvalue weighted by atomic mass is 15.2. The number of para-hydroxylation sites is 8. The minimum atomic E-state index is 1.07. The van der Waals surface area contributed by atoms with E-state index in [-0.39, 0.29) is 0 Å². The normalized spacial score (nSPS) is 12.5. The first-order valence-corrected chi connectivity index (χ1v) is 36.6. The van der Waals surface area contributed by atoms with E-state index in [1.54, 1.807) is 0 Å². The average molecular weight is 1350 g/mol. The molecule has 4 aromatic heterocycles. The second kappa shape index (κ2) is 22.6. The molecule has 2 aliphatic heterocycles. The van der Waals surface area contributed by atoms with Crippen LogP contribution in [0.3, 0.4) is 0 Å².